The minimum atomic E-state index is -1.02. The smallest absolute Gasteiger partial charge is 0.234 e. The molecule has 2 amide bonds. The fourth-order valence-electron chi connectivity index (χ4n) is 5.49. The largest absolute Gasteiger partial charge is 0.489 e. The second kappa shape index (κ2) is 10.5. The third-order valence-corrected chi connectivity index (χ3v) is 7.22. The van der Waals surface area contributed by atoms with Crippen LogP contribution in [0.2, 0.25) is 0 Å². The molecule has 0 saturated carbocycles. The summed E-state index contributed by atoms with van der Waals surface area (Å²) in [6.07, 6.45) is -0.729. The quantitative estimate of drug-likeness (QED) is 0.375. The van der Waals surface area contributed by atoms with Crippen LogP contribution in [0, 0.1) is 17.8 Å². The summed E-state index contributed by atoms with van der Waals surface area (Å²) in [5, 5.41) is 22.0. The summed E-state index contributed by atoms with van der Waals surface area (Å²) < 4.78 is 6.03. The lowest BCUT2D eigenvalue weighted by Crippen LogP contribution is -2.38. The van der Waals surface area contributed by atoms with Crippen molar-refractivity contribution >= 4 is 11.8 Å². The number of carbonyl (C=O) groups is 2. The molecule has 0 unspecified atom stereocenters. The molecular weight excluding hydrogens is 454 g/mol. The van der Waals surface area contributed by atoms with Crippen molar-refractivity contribution in [1.82, 2.24) is 4.90 Å². The van der Waals surface area contributed by atoms with Crippen LogP contribution in [0.3, 0.4) is 0 Å². The van der Waals surface area contributed by atoms with Crippen LogP contribution in [0.5, 0.6) is 5.75 Å². The fourth-order valence-corrected chi connectivity index (χ4v) is 5.49. The van der Waals surface area contributed by atoms with E-state index < -0.39 is 23.9 Å². The second-order valence-electron chi connectivity index (χ2n) is 9.35. The van der Waals surface area contributed by atoms with E-state index in [9.17, 15) is 19.8 Å². The van der Waals surface area contributed by atoms with Crippen LogP contribution in [-0.4, -0.2) is 40.1 Å². The Morgan fingerprint density at radius 2 is 1.47 bits per heavy atom. The Labute approximate surface area is 210 Å². The molecule has 3 aromatic carbocycles. The second-order valence-corrected chi connectivity index (χ2v) is 9.35. The van der Waals surface area contributed by atoms with Gasteiger partial charge in [-0.1, -0.05) is 78.9 Å². The summed E-state index contributed by atoms with van der Waals surface area (Å²) in [5.74, 6) is -1.88. The van der Waals surface area contributed by atoms with Gasteiger partial charge in [0.25, 0.3) is 0 Å². The number of benzene rings is 3. The molecule has 0 aromatic heterocycles. The first kappa shape index (κ1) is 24.0. The highest BCUT2D eigenvalue weighted by atomic mass is 16.5. The van der Waals surface area contributed by atoms with Gasteiger partial charge in [0.15, 0.2) is 0 Å². The van der Waals surface area contributed by atoms with E-state index in [-0.39, 0.29) is 31.6 Å². The van der Waals surface area contributed by atoms with Crippen molar-refractivity contribution in [2.75, 3.05) is 13.2 Å². The number of para-hydroxylation sites is 1. The zero-order valence-corrected chi connectivity index (χ0v) is 19.9. The van der Waals surface area contributed by atoms with E-state index in [2.05, 4.69) is 0 Å². The summed E-state index contributed by atoms with van der Waals surface area (Å²) in [5.41, 5.74) is 2.85. The van der Waals surface area contributed by atoms with Crippen LogP contribution < -0.4 is 4.74 Å². The molecule has 2 N–H and O–H groups in total. The number of likely N-dealkylation sites (tertiary alicyclic amines) is 1. The Morgan fingerprint density at radius 1 is 0.861 bits per heavy atom. The first-order valence-corrected chi connectivity index (χ1v) is 12.2. The third kappa shape index (κ3) is 4.57. The lowest BCUT2D eigenvalue weighted by molar-refractivity contribution is -0.140. The minimum absolute atomic E-state index is 0.156. The van der Waals surface area contributed by atoms with Crippen LogP contribution in [0.1, 0.15) is 23.7 Å². The molecule has 3 aromatic rings. The van der Waals surface area contributed by atoms with Crippen LogP contribution in [0.4, 0.5) is 0 Å². The molecule has 6 nitrogen and oxygen atoms in total. The van der Waals surface area contributed by atoms with Gasteiger partial charge < -0.3 is 14.9 Å². The summed E-state index contributed by atoms with van der Waals surface area (Å²) in [6, 6.07) is 27.9. The zero-order valence-electron chi connectivity index (χ0n) is 19.9. The highest BCUT2D eigenvalue weighted by molar-refractivity contribution is 6.05. The number of rotatable bonds is 8. The molecule has 1 aliphatic heterocycles. The number of carbonyl (C=O) groups excluding carboxylic acids is 2. The number of hydrogen-bond acceptors (Lipinski definition) is 5. The molecule has 0 radical (unpaired) electrons. The van der Waals surface area contributed by atoms with Crippen LogP contribution in [-0.2, 0) is 16.1 Å². The van der Waals surface area contributed by atoms with Crippen molar-refractivity contribution in [3.63, 3.8) is 0 Å². The average molecular weight is 484 g/mol. The van der Waals surface area contributed by atoms with Crippen molar-refractivity contribution < 1.29 is 24.5 Å². The van der Waals surface area contributed by atoms with Crippen molar-refractivity contribution in [2.24, 2.45) is 17.8 Å². The van der Waals surface area contributed by atoms with Crippen LogP contribution in [0.15, 0.2) is 102 Å². The van der Waals surface area contributed by atoms with E-state index in [1.54, 1.807) is 0 Å². The molecule has 1 saturated heterocycles. The lowest BCUT2D eigenvalue weighted by atomic mass is 9.68. The molecule has 2 aliphatic rings. The number of fused-ring (bicyclic) bond motifs is 1. The van der Waals surface area contributed by atoms with E-state index in [0.29, 0.717) is 23.3 Å². The molecule has 1 fully saturated rings. The number of aliphatic hydroxyl groups is 2. The van der Waals surface area contributed by atoms with Gasteiger partial charge in [0, 0.05) is 5.92 Å². The summed E-state index contributed by atoms with van der Waals surface area (Å²) >= 11 is 0. The maximum absolute atomic E-state index is 13.6. The summed E-state index contributed by atoms with van der Waals surface area (Å²) in [7, 11) is 0. The number of aliphatic hydroxyl groups excluding tert-OH is 2. The molecule has 5 rings (SSSR count). The predicted octanol–water partition coefficient (Wildman–Crippen LogP) is 3.91. The summed E-state index contributed by atoms with van der Waals surface area (Å²) in [6.45, 7) is -0.00732. The molecule has 1 heterocycles. The van der Waals surface area contributed by atoms with Gasteiger partial charge >= 0.3 is 0 Å². The first-order valence-electron chi connectivity index (χ1n) is 12.2. The molecule has 1 aliphatic carbocycles. The number of imide groups is 1. The van der Waals surface area contributed by atoms with Crippen molar-refractivity contribution in [3.8, 4) is 5.75 Å². The van der Waals surface area contributed by atoms with Crippen molar-refractivity contribution in [1.29, 1.82) is 0 Å². The van der Waals surface area contributed by atoms with Crippen molar-refractivity contribution in [2.45, 2.75) is 19.1 Å². The van der Waals surface area contributed by atoms with E-state index in [1.807, 2.05) is 91.0 Å². The topological polar surface area (TPSA) is 87.1 Å². The van der Waals surface area contributed by atoms with Gasteiger partial charge in [-0.05, 0) is 40.8 Å². The third-order valence-electron chi connectivity index (χ3n) is 7.22. The van der Waals surface area contributed by atoms with Gasteiger partial charge in [-0.25, -0.2) is 0 Å². The van der Waals surface area contributed by atoms with Gasteiger partial charge in [-0.15, -0.1) is 0 Å². The molecule has 4 atom stereocenters. The van der Waals surface area contributed by atoms with E-state index in [4.69, 9.17) is 4.74 Å². The highest BCUT2D eigenvalue weighted by Crippen LogP contribution is 2.48. The molecule has 6 heteroatoms. The summed E-state index contributed by atoms with van der Waals surface area (Å²) in [4.78, 5) is 28.4. The maximum Gasteiger partial charge on any atom is 0.234 e. The van der Waals surface area contributed by atoms with Gasteiger partial charge in [-0.2, -0.15) is 0 Å². The van der Waals surface area contributed by atoms with Crippen LogP contribution >= 0.6 is 0 Å². The Morgan fingerprint density at radius 3 is 2.11 bits per heavy atom. The first-order chi connectivity index (χ1) is 17.6. The highest BCUT2D eigenvalue weighted by Gasteiger charge is 2.55. The fraction of sp³-hybridized carbons (Fsp3) is 0.267. The lowest BCUT2D eigenvalue weighted by Gasteiger charge is -2.36. The molecule has 0 bridgehead atoms. The SMILES string of the molecule is O=C1[C@@H]2[C@@H](CC(COc3ccccc3)=C([C@H](O)c3ccccc3)[C@@H]2CO)C(=O)N1Cc1ccccc1. The Hall–Kier alpha value is -3.74. The Bertz CT molecular complexity index is 1240. The molecule has 36 heavy (non-hydrogen) atoms. The molecule has 0 spiro atoms. The van der Waals surface area contributed by atoms with Gasteiger partial charge in [0.2, 0.25) is 11.8 Å². The number of hydrogen-bond donors (Lipinski definition) is 2. The van der Waals surface area contributed by atoms with Gasteiger partial charge in [0.1, 0.15) is 18.5 Å². The number of amides is 2. The molecule has 184 valence electrons. The van der Waals surface area contributed by atoms with Crippen LogP contribution in [0.25, 0.3) is 0 Å². The monoisotopic (exact) mass is 483 g/mol. The normalized spacial score (nSPS) is 22.5. The zero-order chi connectivity index (χ0) is 25.1. The minimum Gasteiger partial charge on any atom is -0.489 e. The number of nitrogens with zero attached hydrogens (tertiary/aromatic N) is 1. The predicted molar refractivity (Wildman–Crippen MR) is 135 cm³/mol. The Kier molecular flexibility index (Phi) is 6.98. The maximum atomic E-state index is 13.6. The standard InChI is InChI=1S/C30H29NO5/c32-18-25-26(28(33)21-12-6-2-7-13-21)22(19-36-23-14-8-3-9-15-23)16-24-27(25)30(35)31(29(24)34)17-20-10-4-1-5-11-20/h1-15,24-25,27-28,32-33H,16-19H2/t24-,25+,27-,28-/m1/s1. The molecular formula is C30H29NO5. The van der Waals surface area contributed by atoms with E-state index in [1.165, 1.54) is 4.90 Å². The van der Waals surface area contributed by atoms with Crippen molar-refractivity contribution in [3.05, 3.63) is 113 Å². The number of ether oxygens (including phenoxy) is 1. The van der Waals surface area contributed by atoms with E-state index >= 15 is 0 Å². The van der Waals surface area contributed by atoms with Gasteiger partial charge in [-0.3, -0.25) is 14.5 Å². The van der Waals surface area contributed by atoms with Gasteiger partial charge in [0.05, 0.1) is 25.0 Å². The van der Waals surface area contributed by atoms with E-state index in [0.717, 1.165) is 11.1 Å². The average Bonchev–Trinajstić information content (AvgIpc) is 3.16. The Balaban J connectivity index is 1.51.